The van der Waals surface area contributed by atoms with Crippen molar-refractivity contribution in [3.05, 3.63) is 473 Å². The molecule has 29 aromatic rings. The van der Waals surface area contributed by atoms with E-state index in [0.29, 0.717) is 0 Å². The number of aromatic nitrogens is 6. The summed E-state index contributed by atoms with van der Waals surface area (Å²) in [6, 6.07) is 166. The largest absolute Gasteiger partial charge is 0.254 e. The third-order valence-electron chi connectivity index (χ3n) is 28.2. The zero-order valence-corrected chi connectivity index (χ0v) is 73.7. The molecule has 6 heteroatoms. The highest BCUT2D eigenvalue weighted by Crippen LogP contribution is 2.48. The van der Waals surface area contributed by atoms with Gasteiger partial charge in [0.1, 0.15) is 0 Å². The predicted octanol–water partition coefficient (Wildman–Crippen LogP) is 35.0. The molecule has 0 amide bonds. The van der Waals surface area contributed by atoms with Crippen molar-refractivity contribution in [2.45, 2.75) is 0 Å². The van der Waals surface area contributed by atoms with Crippen LogP contribution in [0.5, 0.6) is 0 Å². The van der Waals surface area contributed by atoms with Crippen LogP contribution in [-0.4, -0.2) is 29.9 Å². The van der Waals surface area contributed by atoms with Gasteiger partial charge in [0.25, 0.3) is 0 Å². The van der Waals surface area contributed by atoms with Gasteiger partial charge in [0.2, 0.25) is 0 Å². The van der Waals surface area contributed by atoms with E-state index in [-0.39, 0.29) is 0 Å². The molecule has 0 N–H and O–H groups in total. The summed E-state index contributed by atoms with van der Waals surface area (Å²) in [5.74, 6) is 0. The molecule has 0 radical (unpaired) electrons. The molecule has 0 bridgehead atoms. The average molecular weight is 1720 g/mol. The van der Waals surface area contributed by atoms with Crippen molar-refractivity contribution in [1.29, 1.82) is 0 Å². The minimum Gasteiger partial charge on any atom is -0.254 e. The van der Waals surface area contributed by atoms with Crippen LogP contribution in [0.15, 0.2) is 473 Å². The molecular formula is C130H78N6. The lowest BCUT2D eigenvalue weighted by Crippen LogP contribution is -1.93. The molecule has 0 aliphatic heterocycles. The zero-order valence-electron chi connectivity index (χ0n) is 73.7. The summed E-state index contributed by atoms with van der Waals surface area (Å²) in [6.07, 6.45) is 3.71. The van der Waals surface area contributed by atoms with Crippen LogP contribution in [0.25, 0.3) is 284 Å². The summed E-state index contributed by atoms with van der Waals surface area (Å²) in [4.78, 5) is 30.1. The van der Waals surface area contributed by atoms with Gasteiger partial charge in [0.05, 0.1) is 55.3 Å². The highest BCUT2D eigenvalue weighted by atomic mass is 14.8. The SMILES string of the molecule is c1ccc(-c2ccc3ccc4c(-c5ccc(-c6ccc7c8ccccc8c8ccccc8c7c6)cc5)c5ccccc5nc4c3n2)cc1.c1cnc2c(c1)ccc1c(-c3ccc(-c4ccc5c6ccccc6c6ccccc6c5c4)c4ccccc34)c3ccccc3nc12.c1cnc2c(c1)ccc1c(-c3ccc(-c4ccc5c6ccccc6c6ccccc6c5c4)cc3)c3ccccc3nc12. The minimum absolute atomic E-state index is 0.924. The summed E-state index contributed by atoms with van der Waals surface area (Å²) >= 11 is 0. The van der Waals surface area contributed by atoms with Crippen molar-refractivity contribution < 1.29 is 0 Å². The molecule has 6 aromatic heterocycles. The molecule has 0 spiro atoms. The maximum absolute atomic E-state index is 5.20. The van der Waals surface area contributed by atoms with Crippen LogP contribution in [0.4, 0.5) is 0 Å². The lowest BCUT2D eigenvalue weighted by Gasteiger charge is -2.17. The average Bonchev–Trinajstić information content (AvgIpc) is 0.743. The molecule has 136 heavy (non-hydrogen) atoms. The quantitative estimate of drug-likeness (QED) is 0.117. The van der Waals surface area contributed by atoms with Crippen molar-refractivity contribution in [1.82, 2.24) is 29.9 Å². The first-order valence-electron chi connectivity index (χ1n) is 46.5. The van der Waals surface area contributed by atoms with Crippen LogP contribution < -0.4 is 0 Å². The molecule has 6 heterocycles. The van der Waals surface area contributed by atoms with Crippen molar-refractivity contribution in [3.8, 4) is 78.0 Å². The van der Waals surface area contributed by atoms with Gasteiger partial charge in [-0.15, -0.1) is 0 Å². The zero-order chi connectivity index (χ0) is 89.4. The van der Waals surface area contributed by atoms with Crippen LogP contribution in [-0.2, 0) is 0 Å². The smallest absolute Gasteiger partial charge is 0.0978 e. The van der Waals surface area contributed by atoms with Gasteiger partial charge < -0.3 is 0 Å². The second kappa shape index (κ2) is 31.9. The number of hydrogen-bond acceptors (Lipinski definition) is 6. The molecule has 628 valence electrons. The third kappa shape index (κ3) is 12.8. The lowest BCUT2D eigenvalue weighted by atomic mass is 9.87. The van der Waals surface area contributed by atoms with E-state index in [1.807, 2.05) is 30.6 Å². The fourth-order valence-electron chi connectivity index (χ4n) is 21.9. The van der Waals surface area contributed by atoms with E-state index in [0.717, 1.165) is 115 Å². The number of nitrogens with zero attached hydrogens (tertiary/aromatic N) is 6. The maximum Gasteiger partial charge on any atom is 0.0978 e. The lowest BCUT2D eigenvalue weighted by molar-refractivity contribution is 1.39. The number of fused-ring (bicyclic) bond motifs is 31. The number of rotatable bonds is 7. The van der Waals surface area contributed by atoms with Crippen molar-refractivity contribution >= 4 is 206 Å². The standard InChI is InChI=1S/C46H28N2.C44H26N2.C40H24N2/c1-2-10-30(11-3-1)42-27-24-32-22-26-40-44(39-16-8-9-17-43(39)48-46(40)45(32)47-42)31-20-18-29(19-21-31)33-23-25-38-36-14-5-4-12-34(36)35-13-6-7-15-37(35)41(38)28-33;1-5-15-34-30(11-1)29(28-20-21-36-33-14-3-2-12-31(33)32-13-4-6-16-35(32)40(36)26-28)23-24-37(34)42-38-17-7-8-18-41(38)46-44-39(42)22-19-27-10-9-25-45-43(27)44;1-2-11-31-29(9-1)30-10-3-4-12-32(30)36-24-28(20-21-33(31)36)25-15-17-26(18-16-25)38-34-13-5-6-14-37(34)42-40-35(38)22-19-27-8-7-23-41-39(27)40/h1-28H;1-26H;1-24H. The molecule has 0 saturated heterocycles. The van der Waals surface area contributed by atoms with Gasteiger partial charge >= 0.3 is 0 Å². The Kier molecular flexibility index (Phi) is 18.2. The molecule has 6 nitrogen and oxygen atoms in total. The molecule has 0 saturated carbocycles. The Morgan fingerprint density at radius 1 is 0.125 bits per heavy atom. The Hall–Kier alpha value is -18.1. The molecule has 0 fully saturated rings. The van der Waals surface area contributed by atoms with E-state index in [2.05, 4.69) is 443 Å². The summed E-state index contributed by atoms with van der Waals surface area (Å²) in [5.41, 5.74) is 25.0. The van der Waals surface area contributed by atoms with Gasteiger partial charge in [-0.3, -0.25) is 9.97 Å². The predicted molar refractivity (Wildman–Crippen MR) is 577 cm³/mol. The number of hydrogen-bond donors (Lipinski definition) is 0. The third-order valence-corrected chi connectivity index (χ3v) is 28.2. The van der Waals surface area contributed by atoms with Crippen LogP contribution in [0.2, 0.25) is 0 Å². The topological polar surface area (TPSA) is 77.3 Å². The van der Waals surface area contributed by atoms with Crippen molar-refractivity contribution in [2.24, 2.45) is 0 Å². The first-order valence-corrected chi connectivity index (χ1v) is 46.5. The summed E-state index contributed by atoms with van der Waals surface area (Å²) in [5, 5.41) is 35.8. The molecule has 23 aromatic carbocycles. The fourth-order valence-corrected chi connectivity index (χ4v) is 21.9. The van der Waals surface area contributed by atoms with Gasteiger partial charge in [-0.05, 0) is 212 Å². The first kappa shape index (κ1) is 77.8. The normalized spacial score (nSPS) is 11.8. The number of pyridine rings is 6. The number of benzene rings is 23. The van der Waals surface area contributed by atoms with Crippen LogP contribution >= 0.6 is 0 Å². The molecule has 0 unspecified atom stereocenters. The van der Waals surface area contributed by atoms with E-state index >= 15 is 0 Å². The van der Waals surface area contributed by atoms with Crippen LogP contribution in [0, 0.1) is 0 Å². The van der Waals surface area contributed by atoms with Gasteiger partial charge in [-0.2, -0.15) is 0 Å². The summed E-state index contributed by atoms with van der Waals surface area (Å²) < 4.78 is 0. The second-order valence-corrected chi connectivity index (χ2v) is 35.6. The fraction of sp³-hybridized carbons (Fsp3) is 0. The molecule has 0 aliphatic carbocycles. The highest BCUT2D eigenvalue weighted by molar-refractivity contribution is 6.30. The van der Waals surface area contributed by atoms with E-state index in [4.69, 9.17) is 29.9 Å². The van der Waals surface area contributed by atoms with Gasteiger partial charge in [0, 0.05) is 83.1 Å². The van der Waals surface area contributed by atoms with Crippen molar-refractivity contribution in [3.63, 3.8) is 0 Å². The van der Waals surface area contributed by atoms with E-state index in [9.17, 15) is 0 Å². The second-order valence-electron chi connectivity index (χ2n) is 35.6. The minimum atomic E-state index is 0.924. The first-order chi connectivity index (χ1) is 67.5. The highest BCUT2D eigenvalue weighted by Gasteiger charge is 2.23. The van der Waals surface area contributed by atoms with Gasteiger partial charge in [-0.1, -0.05) is 406 Å². The maximum atomic E-state index is 5.20. The Morgan fingerprint density at radius 3 is 0.801 bits per heavy atom. The molecule has 0 atom stereocenters. The molecule has 0 aliphatic rings. The van der Waals surface area contributed by atoms with Gasteiger partial charge in [-0.25, -0.2) is 19.9 Å². The van der Waals surface area contributed by atoms with Crippen LogP contribution in [0.1, 0.15) is 0 Å². The molecule has 29 rings (SSSR count). The van der Waals surface area contributed by atoms with E-state index in [1.165, 1.54) is 169 Å². The van der Waals surface area contributed by atoms with Crippen LogP contribution in [0.3, 0.4) is 0 Å². The van der Waals surface area contributed by atoms with Crippen molar-refractivity contribution in [2.75, 3.05) is 0 Å². The number of para-hydroxylation sites is 3. The molecular weight excluding hydrogens is 1650 g/mol. The summed E-state index contributed by atoms with van der Waals surface area (Å²) in [6.45, 7) is 0. The monoisotopic (exact) mass is 1720 g/mol. The summed E-state index contributed by atoms with van der Waals surface area (Å²) in [7, 11) is 0. The van der Waals surface area contributed by atoms with E-state index in [1.54, 1.807) is 0 Å². The van der Waals surface area contributed by atoms with E-state index < -0.39 is 0 Å². The Bertz CT molecular complexity index is 9970. The van der Waals surface area contributed by atoms with Gasteiger partial charge in [0.15, 0.2) is 0 Å². The Labute approximate surface area is 781 Å². The Balaban J connectivity index is 0.000000104. The Morgan fingerprint density at radius 2 is 0.397 bits per heavy atom.